The number of hydrogen-bond donors (Lipinski definition) is 0. The maximum absolute atomic E-state index is 12.8. The summed E-state index contributed by atoms with van der Waals surface area (Å²) in [7, 11) is 0. The maximum atomic E-state index is 12.8. The number of hydrogen-bond acceptors (Lipinski definition) is 6. The molecule has 0 spiro atoms. The summed E-state index contributed by atoms with van der Waals surface area (Å²) in [6.45, 7) is 8.47. The molecule has 0 N–H and O–H groups in total. The van der Waals surface area contributed by atoms with Gasteiger partial charge in [-0.3, -0.25) is 19.3 Å². The zero-order valence-electron chi connectivity index (χ0n) is 18.1. The highest BCUT2D eigenvalue weighted by Crippen LogP contribution is 2.37. The van der Waals surface area contributed by atoms with E-state index in [4.69, 9.17) is 0 Å². The van der Waals surface area contributed by atoms with Gasteiger partial charge in [0.25, 0.3) is 0 Å². The van der Waals surface area contributed by atoms with Gasteiger partial charge in [0.05, 0.1) is 11.8 Å². The summed E-state index contributed by atoms with van der Waals surface area (Å²) >= 11 is 0. The van der Waals surface area contributed by atoms with Crippen LogP contribution in [0.2, 0.25) is 0 Å². The smallest absolute Gasteiger partial charge is 0.242 e. The SMILES string of the molecule is Cc1cc(N2CCN(C(=O)CN3C(=O)[C@H]4CCCC[C@@H]4C3=O)CC2)nc(C(C)C)n1. The monoisotopic (exact) mass is 413 g/mol. The van der Waals surface area contributed by atoms with Gasteiger partial charge < -0.3 is 9.80 Å². The third kappa shape index (κ3) is 3.91. The van der Waals surface area contributed by atoms with Crippen LogP contribution >= 0.6 is 0 Å². The average molecular weight is 414 g/mol. The quantitative estimate of drug-likeness (QED) is 0.699. The van der Waals surface area contributed by atoms with E-state index in [1.54, 1.807) is 4.90 Å². The fourth-order valence-corrected chi connectivity index (χ4v) is 4.80. The van der Waals surface area contributed by atoms with E-state index in [0.717, 1.165) is 43.0 Å². The van der Waals surface area contributed by atoms with E-state index in [2.05, 4.69) is 28.7 Å². The van der Waals surface area contributed by atoms with Crippen LogP contribution in [0.25, 0.3) is 0 Å². The molecule has 1 saturated carbocycles. The van der Waals surface area contributed by atoms with Crippen LogP contribution in [0.1, 0.15) is 57.0 Å². The standard InChI is InChI=1S/C22H31N5O3/c1-14(2)20-23-15(3)12-18(24-20)25-8-10-26(11-9-25)19(28)13-27-21(29)16-6-4-5-7-17(16)22(27)30/h12,14,16-17H,4-11,13H2,1-3H3/t16-,17-/m0/s1. The third-order valence-corrected chi connectivity index (χ3v) is 6.56. The number of imide groups is 1. The molecule has 2 aliphatic heterocycles. The average Bonchev–Trinajstić information content (AvgIpc) is 2.98. The van der Waals surface area contributed by atoms with Crippen molar-refractivity contribution in [1.29, 1.82) is 0 Å². The van der Waals surface area contributed by atoms with E-state index in [-0.39, 0.29) is 42.0 Å². The number of carbonyl (C=O) groups excluding carboxylic acids is 3. The summed E-state index contributed by atoms with van der Waals surface area (Å²) in [6, 6.07) is 1.98. The van der Waals surface area contributed by atoms with E-state index in [0.29, 0.717) is 26.2 Å². The Labute approximate surface area is 177 Å². The lowest BCUT2D eigenvalue weighted by molar-refractivity contribution is -0.146. The van der Waals surface area contributed by atoms with Gasteiger partial charge in [-0.05, 0) is 19.8 Å². The first kappa shape index (κ1) is 20.8. The predicted molar refractivity (Wildman–Crippen MR) is 112 cm³/mol. The molecule has 1 aliphatic carbocycles. The molecule has 1 aromatic rings. The number of aryl methyl sites for hydroxylation is 1. The number of nitrogens with zero attached hydrogens (tertiary/aromatic N) is 5. The van der Waals surface area contributed by atoms with E-state index in [1.807, 2.05) is 13.0 Å². The predicted octanol–water partition coefficient (Wildman–Crippen LogP) is 1.73. The van der Waals surface area contributed by atoms with Gasteiger partial charge in [0, 0.05) is 43.9 Å². The van der Waals surface area contributed by atoms with E-state index in [1.165, 1.54) is 4.90 Å². The van der Waals surface area contributed by atoms with Crippen molar-refractivity contribution in [2.45, 2.75) is 52.4 Å². The van der Waals surface area contributed by atoms with Crippen molar-refractivity contribution >= 4 is 23.5 Å². The van der Waals surface area contributed by atoms with Crippen molar-refractivity contribution in [2.24, 2.45) is 11.8 Å². The Bertz CT molecular complexity index is 823. The molecular weight excluding hydrogens is 382 g/mol. The number of anilines is 1. The minimum Gasteiger partial charge on any atom is -0.353 e. The Balaban J connectivity index is 1.36. The van der Waals surface area contributed by atoms with Crippen LogP contribution in [0.15, 0.2) is 6.07 Å². The fraction of sp³-hybridized carbons (Fsp3) is 0.682. The van der Waals surface area contributed by atoms with Crippen LogP contribution in [-0.4, -0.2) is 70.2 Å². The van der Waals surface area contributed by atoms with Gasteiger partial charge in [-0.2, -0.15) is 0 Å². The normalized spacial score (nSPS) is 24.6. The lowest BCUT2D eigenvalue weighted by Crippen LogP contribution is -2.52. The van der Waals surface area contributed by atoms with Gasteiger partial charge in [0.15, 0.2) is 0 Å². The van der Waals surface area contributed by atoms with Crippen LogP contribution in [0.4, 0.5) is 5.82 Å². The number of piperazine rings is 1. The van der Waals surface area contributed by atoms with E-state index in [9.17, 15) is 14.4 Å². The van der Waals surface area contributed by atoms with Crippen LogP contribution in [-0.2, 0) is 14.4 Å². The molecular formula is C22H31N5O3. The summed E-state index contributed by atoms with van der Waals surface area (Å²) < 4.78 is 0. The Hall–Kier alpha value is -2.51. The van der Waals surface area contributed by atoms with Crippen molar-refractivity contribution < 1.29 is 14.4 Å². The van der Waals surface area contributed by atoms with Gasteiger partial charge in [-0.15, -0.1) is 0 Å². The molecule has 4 rings (SSSR count). The molecule has 3 heterocycles. The second-order valence-corrected chi connectivity index (χ2v) is 9.01. The molecule has 0 aromatic carbocycles. The molecule has 3 aliphatic rings. The van der Waals surface area contributed by atoms with Gasteiger partial charge in [-0.25, -0.2) is 9.97 Å². The Kier molecular flexibility index (Phi) is 5.75. The van der Waals surface area contributed by atoms with Gasteiger partial charge in [0.1, 0.15) is 18.2 Å². The maximum Gasteiger partial charge on any atom is 0.242 e. The Morgan fingerprint density at radius 3 is 2.20 bits per heavy atom. The molecule has 30 heavy (non-hydrogen) atoms. The molecule has 0 radical (unpaired) electrons. The van der Waals surface area contributed by atoms with Crippen LogP contribution in [0.5, 0.6) is 0 Å². The molecule has 8 heteroatoms. The van der Waals surface area contributed by atoms with E-state index < -0.39 is 0 Å². The van der Waals surface area contributed by atoms with Crippen LogP contribution in [0, 0.1) is 18.8 Å². The first-order valence-corrected chi connectivity index (χ1v) is 11.1. The third-order valence-electron chi connectivity index (χ3n) is 6.56. The number of likely N-dealkylation sites (tertiary alicyclic amines) is 1. The lowest BCUT2D eigenvalue weighted by Gasteiger charge is -2.36. The molecule has 2 atom stereocenters. The minimum atomic E-state index is -0.202. The summed E-state index contributed by atoms with van der Waals surface area (Å²) in [6.07, 6.45) is 3.53. The van der Waals surface area contributed by atoms with Crippen molar-refractivity contribution in [1.82, 2.24) is 19.8 Å². The molecule has 3 amide bonds. The molecule has 2 saturated heterocycles. The number of amides is 3. The molecule has 0 unspecified atom stereocenters. The van der Waals surface area contributed by atoms with Crippen molar-refractivity contribution in [3.05, 3.63) is 17.6 Å². The van der Waals surface area contributed by atoms with Crippen molar-refractivity contribution in [3.8, 4) is 0 Å². The highest BCUT2D eigenvalue weighted by atomic mass is 16.2. The van der Waals surface area contributed by atoms with Crippen LogP contribution in [0.3, 0.4) is 0 Å². The topological polar surface area (TPSA) is 86.7 Å². The first-order chi connectivity index (χ1) is 14.3. The molecule has 3 fully saturated rings. The summed E-state index contributed by atoms with van der Waals surface area (Å²) in [5, 5.41) is 0. The first-order valence-electron chi connectivity index (χ1n) is 11.1. The molecule has 1 aromatic heterocycles. The summed E-state index contributed by atoms with van der Waals surface area (Å²) in [5.41, 5.74) is 0.940. The van der Waals surface area contributed by atoms with E-state index >= 15 is 0 Å². The Morgan fingerprint density at radius 1 is 1.03 bits per heavy atom. The summed E-state index contributed by atoms with van der Waals surface area (Å²) in [5.74, 6) is 1.15. The van der Waals surface area contributed by atoms with Gasteiger partial charge in [-0.1, -0.05) is 26.7 Å². The second-order valence-electron chi connectivity index (χ2n) is 9.01. The number of carbonyl (C=O) groups is 3. The number of rotatable bonds is 4. The minimum absolute atomic E-state index is 0.116. The lowest BCUT2D eigenvalue weighted by atomic mass is 9.81. The van der Waals surface area contributed by atoms with Crippen molar-refractivity contribution in [3.63, 3.8) is 0 Å². The molecule has 162 valence electrons. The van der Waals surface area contributed by atoms with Crippen molar-refractivity contribution in [2.75, 3.05) is 37.6 Å². The fourth-order valence-electron chi connectivity index (χ4n) is 4.80. The number of aromatic nitrogens is 2. The summed E-state index contributed by atoms with van der Waals surface area (Å²) in [4.78, 5) is 52.4. The highest BCUT2D eigenvalue weighted by molar-refractivity contribution is 6.07. The number of fused-ring (bicyclic) bond motifs is 1. The highest BCUT2D eigenvalue weighted by Gasteiger charge is 2.48. The zero-order valence-corrected chi connectivity index (χ0v) is 18.1. The molecule has 0 bridgehead atoms. The second kappa shape index (κ2) is 8.32. The van der Waals surface area contributed by atoms with Gasteiger partial charge in [0.2, 0.25) is 17.7 Å². The zero-order chi connectivity index (χ0) is 21.4. The van der Waals surface area contributed by atoms with Gasteiger partial charge >= 0.3 is 0 Å². The molecule has 8 nitrogen and oxygen atoms in total. The largest absolute Gasteiger partial charge is 0.353 e. The Morgan fingerprint density at radius 2 is 1.63 bits per heavy atom. The van der Waals surface area contributed by atoms with Crippen LogP contribution < -0.4 is 4.90 Å².